The number of rotatable bonds is 8. The largest absolute Gasteiger partial charge is 3.00 e. The van der Waals surface area contributed by atoms with Crippen molar-refractivity contribution >= 4 is 11.8 Å². The summed E-state index contributed by atoms with van der Waals surface area (Å²) in [7, 11) is 0. The van der Waals surface area contributed by atoms with Gasteiger partial charge in [0, 0.05) is 0 Å². The van der Waals surface area contributed by atoms with Gasteiger partial charge < -0.3 is 32.6 Å². The predicted octanol–water partition coefficient (Wildman–Crippen LogP) is 2.78. The molecular weight excluding hydrogens is 504 g/mol. The third-order valence-electron chi connectivity index (χ3n) is 3.49. The molecule has 6 heteroatoms. The van der Waals surface area contributed by atoms with Gasteiger partial charge in [-0.25, -0.2) is 0 Å². The predicted molar refractivity (Wildman–Crippen MR) is 107 cm³/mol. The number of hydrogen-bond acceptors (Lipinski definition) is 2. The molecule has 4 nitrogen and oxygen atoms in total. The molecule has 1 radical (unpaired) electrons. The van der Waals surface area contributed by atoms with Crippen LogP contribution in [0.3, 0.4) is 0 Å². The quantitative estimate of drug-likeness (QED) is 0.526. The molecule has 0 aliphatic carbocycles. The first-order valence-corrected chi connectivity index (χ1v) is 9.14. The summed E-state index contributed by atoms with van der Waals surface area (Å²) in [6.45, 7) is 4.99. The Hall–Kier alpha value is -0.979. The molecule has 2 amide bonds. The monoisotopic (exact) mass is 529 g/mol. The normalized spacial score (nSPS) is 8.93. The molecule has 0 heterocycles. The fourth-order valence-electron chi connectivity index (χ4n) is 2.11. The van der Waals surface area contributed by atoms with Crippen LogP contribution in [0.25, 0.3) is 10.6 Å². The van der Waals surface area contributed by atoms with Gasteiger partial charge in [-0.1, -0.05) is 98.5 Å². The van der Waals surface area contributed by atoms with E-state index in [1.54, 1.807) is 0 Å². The van der Waals surface area contributed by atoms with Crippen LogP contribution in [0.1, 0.15) is 50.7 Å². The van der Waals surface area contributed by atoms with Gasteiger partial charge in [0.05, 0.1) is 11.8 Å². The number of benzene rings is 2. The fourth-order valence-corrected chi connectivity index (χ4v) is 2.11. The summed E-state index contributed by atoms with van der Waals surface area (Å²) in [5.74, 6) is 0.0118. The van der Waals surface area contributed by atoms with E-state index in [-0.39, 0.29) is 65.1 Å². The van der Waals surface area contributed by atoms with Crippen molar-refractivity contribution in [1.82, 2.24) is 0 Å². The summed E-state index contributed by atoms with van der Waals surface area (Å²) in [6, 6.07) is 19.6. The Balaban J connectivity index is 0. The molecule has 0 aliphatic rings. The summed E-state index contributed by atoms with van der Waals surface area (Å²) >= 11 is 0. The van der Waals surface area contributed by atoms with E-state index in [0.717, 1.165) is 24.0 Å². The van der Waals surface area contributed by atoms with Crippen molar-refractivity contribution < 1.29 is 62.8 Å². The van der Waals surface area contributed by atoms with Crippen molar-refractivity contribution in [3.8, 4) is 0 Å². The van der Waals surface area contributed by atoms with E-state index in [1.807, 2.05) is 74.5 Å². The molecule has 0 spiro atoms. The zero-order valence-electron chi connectivity index (χ0n) is 16.6. The maximum Gasteiger partial charge on any atom is 3.00 e. The van der Waals surface area contributed by atoms with E-state index in [1.165, 1.54) is 0 Å². The zero-order valence-corrected chi connectivity index (χ0v) is 20.6. The van der Waals surface area contributed by atoms with Gasteiger partial charge in [-0.05, 0) is 12.8 Å². The summed E-state index contributed by atoms with van der Waals surface area (Å²) in [6.07, 6.45) is 2.87. The van der Waals surface area contributed by atoms with E-state index in [2.05, 4.69) is 10.6 Å². The molecular formula is C22H28ClN2NdO2. The third-order valence-corrected chi connectivity index (χ3v) is 3.49. The molecule has 0 fully saturated rings. The van der Waals surface area contributed by atoms with Crippen LogP contribution in [0.2, 0.25) is 0 Å². The molecule has 149 valence electrons. The number of amides is 2. The fraction of sp³-hybridized carbons (Fsp3) is 0.364. The molecule has 0 atom stereocenters. The second-order valence-electron chi connectivity index (χ2n) is 5.89. The molecule has 0 saturated heterocycles. The number of nitrogens with zero attached hydrogens (tertiary/aromatic N) is 2. The Morgan fingerprint density at radius 3 is 1.29 bits per heavy atom. The number of carbonyl (C=O) groups excluding carboxylic acids is 2. The molecule has 2 aromatic carbocycles. The van der Waals surface area contributed by atoms with Gasteiger partial charge in [0.2, 0.25) is 0 Å². The van der Waals surface area contributed by atoms with Crippen molar-refractivity contribution in [1.29, 1.82) is 0 Å². The van der Waals surface area contributed by atoms with Gasteiger partial charge in [-0.15, -0.1) is 13.1 Å². The van der Waals surface area contributed by atoms with Crippen LogP contribution < -0.4 is 12.4 Å². The molecule has 0 N–H and O–H groups in total. The Labute approximate surface area is 208 Å². The summed E-state index contributed by atoms with van der Waals surface area (Å²) in [5.41, 5.74) is 2.18. The molecule has 0 unspecified atom stereocenters. The van der Waals surface area contributed by atoms with E-state index in [9.17, 15) is 9.59 Å². The van der Waals surface area contributed by atoms with Crippen LogP contribution in [0.15, 0.2) is 60.7 Å². The van der Waals surface area contributed by atoms with E-state index in [0.29, 0.717) is 25.9 Å². The van der Waals surface area contributed by atoms with Crippen LogP contribution in [0.4, 0.5) is 0 Å². The molecule has 28 heavy (non-hydrogen) atoms. The van der Waals surface area contributed by atoms with Crippen molar-refractivity contribution in [2.24, 2.45) is 0 Å². The Morgan fingerprint density at radius 1 is 0.679 bits per heavy atom. The standard InChI is InChI=1S/2C11H15NO.ClH.Nd/c2*1-2-6-11(13)12-9-10-7-4-3-5-8-10;;/h2*3-5,7-8H,2,6,9H2,1H3,(H,12,13);1H;/q;;;+3/p-3. The summed E-state index contributed by atoms with van der Waals surface area (Å²) < 4.78 is 0. The van der Waals surface area contributed by atoms with Crippen LogP contribution in [-0.4, -0.2) is 11.8 Å². The maximum atomic E-state index is 11.0. The van der Waals surface area contributed by atoms with Crippen LogP contribution >= 0.6 is 0 Å². The average Bonchev–Trinajstić information content (AvgIpc) is 2.67. The first-order chi connectivity index (χ1) is 12.7. The van der Waals surface area contributed by atoms with Gasteiger partial charge >= 0.3 is 40.8 Å². The summed E-state index contributed by atoms with van der Waals surface area (Å²) in [4.78, 5) is 22.1. The topological polar surface area (TPSA) is 62.3 Å². The minimum atomic E-state index is 0. The van der Waals surface area contributed by atoms with Gasteiger partial charge in [0.25, 0.3) is 0 Å². The SMILES string of the molecule is CCCC(=O)[N-]Cc1ccccc1.CCCC(=O)[N-]Cc1ccccc1.[Cl-].[Nd+3]. The molecule has 0 bridgehead atoms. The number of halogens is 1. The molecule has 0 saturated carbocycles. The van der Waals surface area contributed by atoms with E-state index in [4.69, 9.17) is 0 Å². The Bertz CT molecular complexity index is 582. The first kappa shape index (κ1) is 29.2. The van der Waals surface area contributed by atoms with Gasteiger partial charge in [0.1, 0.15) is 0 Å². The molecule has 0 aliphatic heterocycles. The van der Waals surface area contributed by atoms with E-state index < -0.39 is 0 Å². The second-order valence-corrected chi connectivity index (χ2v) is 5.89. The molecule has 2 aromatic rings. The Kier molecular flexibility index (Phi) is 20.2. The van der Waals surface area contributed by atoms with Crippen molar-refractivity contribution in [3.63, 3.8) is 0 Å². The van der Waals surface area contributed by atoms with Gasteiger partial charge in [0.15, 0.2) is 0 Å². The van der Waals surface area contributed by atoms with Crippen molar-refractivity contribution in [2.45, 2.75) is 52.6 Å². The average molecular weight is 532 g/mol. The number of hydrogen-bond donors (Lipinski definition) is 0. The minimum Gasteiger partial charge on any atom is -1.00 e. The molecule has 0 aromatic heterocycles. The van der Waals surface area contributed by atoms with Crippen LogP contribution in [-0.2, 0) is 22.7 Å². The first-order valence-electron chi connectivity index (χ1n) is 9.14. The van der Waals surface area contributed by atoms with E-state index >= 15 is 0 Å². The van der Waals surface area contributed by atoms with Gasteiger partial charge in [-0.3, -0.25) is 0 Å². The van der Waals surface area contributed by atoms with Crippen molar-refractivity contribution in [2.75, 3.05) is 0 Å². The summed E-state index contributed by atoms with van der Waals surface area (Å²) in [5, 5.41) is 7.89. The maximum absolute atomic E-state index is 11.0. The van der Waals surface area contributed by atoms with Crippen LogP contribution in [0, 0.1) is 40.8 Å². The zero-order chi connectivity index (χ0) is 19.0. The Morgan fingerprint density at radius 2 is 1.00 bits per heavy atom. The second kappa shape index (κ2) is 19.3. The minimum absolute atomic E-state index is 0. The smallest absolute Gasteiger partial charge is 1.00 e. The van der Waals surface area contributed by atoms with Crippen LogP contribution in [0.5, 0.6) is 0 Å². The number of carbonyl (C=O) groups is 2. The molecule has 2 rings (SSSR count). The van der Waals surface area contributed by atoms with Gasteiger partial charge in [-0.2, -0.15) is 0 Å². The van der Waals surface area contributed by atoms with Crippen molar-refractivity contribution in [3.05, 3.63) is 82.4 Å². The third kappa shape index (κ3) is 15.0.